The van der Waals surface area contributed by atoms with Crippen LogP contribution in [0, 0.1) is 0 Å². The van der Waals surface area contributed by atoms with Gasteiger partial charge in [-0.3, -0.25) is 4.79 Å². The molecule has 0 aliphatic carbocycles. The summed E-state index contributed by atoms with van der Waals surface area (Å²) in [5.41, 5.74) is 3.81. The molecular weight excluding hydrogens is 510 g/mol. The van der Waals surface area contributed by atoms with Crippen molar-refractivity contribution in [1.29, 1.82) is 0 Å². The molecule has 2 unspecified atom stereocenters. The zero-order valence-electron chi connectivity index (χ0n) is 19.0. The number of halogens is 6. The number of imidazole rings is 1. The summed E-state index contributed by atoms with van der Waals surface area (Å²) in [5, 5.41) is 28.7. The maximum absolute atomic E-state index is 14.0. The Labute approximate surface area is 206 Å². The standard InChI is InChI=1S/C23H22F6N4O4/c24-22(25,26)14-3-1-2-13(8-14)20-19(12-4-6-31-17(30)9-12)32-21(23(27,28)29)33(20)7-5-15(34)10-16(35)11-18(36)37/h1-4,6,8-9,15-16,34-35H,5,7,10-11H2,(H2,30,31)(H,36,37). The fourth-order valence-electron chi connectivity index (χ4n) is 3.81. The number of pyridine rings is 1. The van der Waals surface area contributed by atoms with Gasteiger partial charge in [-0.25, -0.2) is 9.97 Å². The van der Waals surface area contributed by atoms with Crippen molar-refractivity contribution in [1.82, 2.24) is 14.5 Å². The van der Waals surface area contributed by atoms with E-state index in [0.717, 1.165) is 12.1 Å². The molecule has 8 nitrogen and oxygen atoms in total. The molecule has 0 bridgehead atoms. The molecule has 5 N–H and O–H groups in total. The number of aliphatic hydroxyl groups is 2. The Morgan fingerprint density at radius 3 is 2.30 bits per heavy atom. The summed E-state index contributed by atoms with van der Waals surface area (Å²) < 4.78 is 82.9. The van der Waals surface area contributed by atoms with Crippen LogP contribution in [0.25, 0.3) is 22.5 Å². The van der Waals surface area contributed by atoms with Gasteiger partial charge in [-0.05, 0) is 37.1 Å². The second-order valence-electron chi connectivity index (χ2n) is 8.26. The zero-order valence-corrected chi connectivity index (χ0v) is 19.0. The van der Waals surface area contributed by atoms with Gasteiger partial charge in [-0.1, -0.05) is 12.1 Å². The van der Waals surface area contributed by atoms with Gasteiger partial charge in [0.05, 0.1) is 35.6 Å². The molecule has 2 atom stereocenters. The summed E-state index contributed by atoms with van der Waals surface area (Å²) in [6.07, 6.45) is -13.0. The highest BCUT2D eigenvalue weighted by atomic mass is 19.4. The molecule has 0 radical (unpaired) electrons. The molecule has 0 amide bonds. The Bertz CT molecular complexity index is 1260. The average Bonchev–Trinajstić information content (AvgIpc) is 3.17. The number of carbonyl (C=O) groups is 1. The number of nitrogens with two attached hydrogens (primary N) is 1. The van der Waals surface area contributed by atoms with Gasteiger partial charge >= 0.3 is 18.3 Å². The summed E-state index contributed by atoms with van der Waals surface area (Å²) in [4.78, 5) is 18.2. The van der Waals surface area contributed by atoms with Crippen LogP contribution < -0.4 is 5.73 Å². The first-order valence-electron chi connectivity index (χ1n) is 10.8. The number of nitrogen functional groups attached to an aromatic ring is 1. The molecule has 1 aromatic carbocycles. The number of hydrogen-bond donors (Lipinski definition) is 4. The van der Waals surface area contributed by atoms with E-state index in [9.17, 15) is 41.4 Å². The fourth-order valence-corrected chi connectivity index (χ4v) is 3.81. The van der Waals surface area contributed by atoms with E-state index < -0.39 is 61.3 Å². The second-order valence-corrected chi connectivity index (χ2v) is 8.26. The lowest BCUT2D eigenvalue weighted by Gasteiger charge is -2.18. The van der Waals surface area contributed by atoms with E-state index >= 15 is 0 Å². The normalized spacial score (nSPS) is 13.9. The predicted molar refractivity (Wildman–Crippen MR) is 119 cm³/mol. The molecule has 0 saturated heterocycles. The van der Waals surface area contributed by atoms with Crippen LogP contribution in [-0.4, -0.2) is 48.0 Å². The van der Waals surface area contributed by atoms with Crippen LogP contribution in [-0.2, 0) is 23.7 Å². The van der Waals surface area contributed by atoms with E-state index in [-0.39, 0.29) is 34.8 Å². The summed E-state index contributed by atoms with van der Waals surface area (Å²) in [7, 11) is 0. The van der Waals surface area contributed by atoms with E-state index in [4.69, 9.17) is 10.8 Å². The van der Waals surface area contributed by atoms with E-state index in [0.29, 0.717) is 10.6 Å². The molecule has 37 heavy (non-hydrogen) atoms. The van der Waals surface area contributed by atoms with E-state index in [2.05, 4.69) is 9.97 Å². The molecule has 200 valence electrons. The van der Waals surface area contributed by atoms with Crippen LogP contribution >= 0.6 is 0 Å². The lowest BCUT2D eigenvalue weighted by atomic mass is 10.0. The summed E-state index contributed by atoms with van der Waals surface area (Å²) in [6.45, 7) is -0.561. The molecule has 0 saturated carbocycles. The molecule has 0 spiro atoms. The Hall–Kier alpha value is -3.65. The molecule has 0 aliphatic rings. The van der Waals surface area contributed by atoms with Crippen LogP contribution in [0.2, 0.25) is 0 Å². The van der Waals surface area contributed by atoms with Crippen molar-refractivity contribution >= 4 is 11.8 Å². The van der Waals surface area contributed by atoms with Gasteiger partial charge in [-0.2, -0.15) is 26.3 Å². The van der Waals surface area contributed by atoms with E-state index in [1.165, 1.54) is 24.4 Å². The lowest BCUT2D eigenvalue weighted by molar-refractivity contribution is -0.147. The Morgan fingerprint density at radius 1 is 1.00 bits per heavy atom. The van der Waals surface area contributed by atoms with Gasteiger partial charge in [0.2, 0.25) is 5.82 Å². The van der Waals surface area contributed by atoms with Crippen molar-refractivity contribution < 1.29 is 46.5 Å². The number of carboxylic acids is 1. The maximum Gasteiger partial charge on any atom is 0.449 e. The SMILES string of the molecule is Nc1cc(-c2nc(C(F)(F)F)n(CCC(O)CC(O)CC(=O)O)c2-c2cccc(C(F)(F)F)c2)ccn1. The van der Waals surface area contributed by atoms with Crippen molar-refractivity contribution in [2.24, 2.45) is 0 Å². The number of rotatable bonds is 9. The number of aromatic nitrogens is 3. The van der Waals surface area contributed by atoms with Gasteiger partial charge in [0.15, 0.2) is 0 Å². The number of nitrogens with zero attached hydrogens (tertiary/aromatic N) is 3. The second kappa shape index (κ2) is 10.8. The maximum atomic E-state index is 14.0. The lowest BCUT2D eigenvalue weighted by Crippen LogP contribution is -2.23. The van der Waals surface area contributed by atoms with Crippen LogP contribution in [0.15, 0.2) is 42.6 Å². The summed E-state index contributed by atoms with van der Waals surface area (Å²) >= 11 is 0. The van der Waals surface area contributed by atoms with Crippen molar-refractivity contribution in [2.75, 3.05) is 5.73 Å². The Balaban J connectivity index is 2.15. The Kier molecular flexibility index (Phi) is 8.12. The van der Waals surface area contributed by atoms with Crippen molar-refractivity contribution in [3.8, 4) is 22.5 Å². The minimum absolute atomic E-state index is 0.0570. The molecule has 0 fully saturated rings. The Morgan fingerprint density at radius 2 is 1.70 bits per heavy atom. The van der Waals surface area contributed by atoms with Crippen LogP contribution in [0.4, 0.5) is 32.2 Å². The van der Waals surface area contributed by atoms with Gasteiger partial charge in [0.25, 0.3) is 0 Å². The minimum atomic E-state index is -5.03. The highest BCUT2D eigenvalue weighted by Gasteiger charge is 2.40. The smallest absolute Gasteiger partial charge is 0.449 e. The van der Waals surface area contributed by atoms with Crippen molar-refractivity contribution in [3.05, 3.63) is 54.0 Å². The predicted octanol–water partition coefficient (Wildman–Crippen LogP) is 4.21. The first kappa shape index (κ1) is 27.9. The number of hydrogen-bond acceptors (Lipinski definition) is 6. The van der Waals surface area contributed by atoms with Crippen LogP contribution in [0.1, 0.15) is 30.7 Å². The number of aliphatic hydroxyl groups excluding tert-OH is 2. The zero-order chi connectivity index (χ0) is 27.5. The number of carboxylic acid groups (broad SMARTS) is 1. The quantitative estimate of drug-likeness (QED) is 0.303. The van der Waals surface area contributed by atoms with Gasteiger partial charge in [-0.15, -0.1) is 0 Å². The topological polar surface area (TPSA) is 134 Å². The third-order valence-corrected chi connectivity index (χ3v) is 5.38. The molecule has 3 aromatic rings. The first-order valence-corrected chi connectivity index (χ1v) is 10.8. The third kappa shape index (κ3) is 6.98. The third-order valence-electron chi connectivity index (χ3n) is 5.38. The first-order chi connectivity index (χ1) is 17.2. The van der Waals surface area contributed by atoms with Gasteiger partial charge in [0.1, 0.15) is 5.82 Å². The van der Waals surface area contributed by atoms with Crippen molar-refractivity contribution in [2.45, 2.75) is 50.4 Å². The minimum Gasteiger partial charge on any atom is -0.481 e. The average molecular weight is 532 g/mol. The van der Waals surface area contributed by atoms with E-state index in [1.807, 2.05) is 0 Å². The molecule has 14 heteroatoms. The molecule has 2 aromatic heterocycles. The highest BCUT2D eigenvalue weighted by Crippen LogP contribution is 2.40. The number of alkyl halides is 6. The monoisotopic (exact) mass is 532 g/mol. The number of anilines is 1. The molecule has 3 rings (SSSR count). The van der Waals surface area contributed by atoms with Gasteiger partial charge in [0, 0.05) is 23.9 Å². The summed E-state index contributed by atoms with van der Waals surface area (Å²) in [5.74, 6) is -2.82. The molecule has 0 aliphatic heterocycles. The highest BCUT2D eigenvalue weighted by molar-refractivity contribution is 5.80. The fraction of sp³-hybridized carbons (Fsp3) is 0.348. The van der Waals surface area contributed by atoms with Crippen molar-refractivity contribution in [3.63, 3.8) is 0 Å². The molecular formula is C23H22F6N4O4. The van der Waals surface area contributed by atoms with E-state index in [1.54, 1.807) is 0 Å². The number of benzene rings is 1. The molecule has 2 heterocycles. The largest absolute Gasteiger partial charge is 0.481 e. The van der Waals surface area contributed by atoms with Gasteiger partial charge < -0.3 is 25.6 Å². The summed E-state index contributed by atoms with van der Waals surface area (Å²) in [6, 6.07) is 6.23. The number of aliphatic carboxylic acids is 1. The van der Waals surface area contributed by atoms with Crippen LogP contribution in [0.5, 0.6) is 0 Å². The van der Waals surface area contributed by atoms with Crippen LogP contribution in [0.3, 0.4) is 0 Å².